The molecule has 0 fully saturated rings. The summed E-state index contributed by atoms with van der Waals surface area (Å²) in [6.45, 7) is 0.800. The summed E-state index contributed by atoms with van der Waals surface area (Å²) in [5.74, 6) is 1.02. The molecule has 0 saturated heterocycles. The van der Waals surface area contributed by atoms with Gasteiger partial charge in [0.2, 0.25) is 0 Å². The van der Waals surface area contributed by atoms with Crippen molar-refractivity contribution in [3.63, 3.8) is 0 Å². The van der Waals surface area contributed by atoms with E-state index in [1.807, 2.05) is 29.5 Å². The summed E-state index contributed by atoms with van der Waals surface area (Å²) in [7, 11) is 0. The molecule has 20 heavy (non-hydrogen) atoms. The van der Waals surface area contributed by atoms with E-state index in [2.05, 4.69) is 28.9 Å². The Morgan fingerprint density at radius 3 is 3.15 bits per heavy atom. The first-order valence-electron chi connectivity index (χ1n) is 7.17. The van der Waals surface area contributed by atoms with Crippen molar-refractivity contribution in [1.29, 1.82) is 0 Å². The topological polar surface area (TPSA) is 25.2 Å². The van der Waals surface area contributed by atoms with Crippen molar-refractivity contribution in [2.45, 2.75) is 31.8 Å². The Labute approximate surface area is 122 Å². The van der Waals surface area contributed by atoms with Gasteiger partial charge in [-0.25, -0.2) is 0 Å². The zero-order chi connectivity index (χ0) is 13.4. The van der Waals surface area contributed by atoms with Gasteiger partial charge in [0.15, 0.2) is 0 Å². The molecule has 102 valence electrons. The van der Waals surface area contributed by atoms with E-state index < -0.39 is 0 Å². The Morgan fingerprint density at radius 2 is 2.20 bits per heavy atom. The van der Waals surface area contributed by atoms with Gasteiger partial charge in [0, 0.05) is 16.3 Å². The first kappa shape index (κ1) is 12.2. The minimum atomic E-state index is 0.484. The molecule has 4 rings (SSSR count). The van der Waals surface area contributed by atoms with Gasteiger partial charge in [-0.05, 0) is 48.4 Å². The van der Waals surface area contributed by atoms with Gasteiger partial charge >= 0.3 is 0 Å². The molecular formula is C17H17NOS. The minimum absolute atomic E-state index is 0.484. The fourth-order valence-corrected chi connectivity index (χ4v) is 4.03. The summed E-state index contributed by atoms with van der Waals surface area (Å²) >= 11 is 1.89. The standard InChI is InChI=1S/C17H17NOS/c1-2-6-16-12(4-1)10-13(19-16)11-18-15-5-3-7-17-14(15)8-9-20-17/h1-2,4,6,8-10,15,18H,3,5,7,11H2. The zero-order valence-electron chi connectivity index (χ0n) is 11.3. The highest BCUT2D eigenvalue weighted by molar-refractivity contribution is 7.10. The molecular weight excluding hydrogens is 266 g/mol. The molecule has 2 aromatic heterocycles. The van der Waals surface area contributed by atoms with Crippen LogP contribution in [0.5, 0.6) is 0 Å². The lowest BCUT2D eigenvalue weighted by Crippen LogP contribution is -2.23. The van der Waals surface area contributed by atoms with Gasteiger partial charge in [0.1, 0.15) is 11.3 Å². The molecule has 1 atom stereocenters. The van der Waals surface area contributed by atoms with Crippen molar-refractivity contribution in [2.24, 2.45) is 0 Å². The zero-order valence-corrected chi connectivity index (χ0v) is 12.1. The van der Waals surface area contributed by atoms with Crippen LogP contribution in [-0.4, -0.2) is 0 Å². The smallest absolute Gasteiger partial charge is 0.134 e. The first-order valence-corrected chi connectivity index (χ1v) is 8.05. The van der Waals surface area contributed by atoms with E-state index in [0.717, 1.165) is 17.9 Å². The molecule has 1 aromatic carbocycles. The second-order valence-corrected chi connectivity index (χ2v) is 6.38. The second-order valence-electron chi connectivity index (χ2n) is 5.38. The van der Waals surface area contributed by atoms with E-state index in [1.54, 1.807) is 4.88 Å². The number of aryl methyl sites for hydroxylation is 1. The fourth-order valence-electron chi connectivity index (χ4n) is 3.05. The van der Waals surface area contributed by atoms with Crippen LogP contribution in [0.25, 0.3) is 11.0 Å². The maximum Gasteiger partial charge on any atom is 0.134 e. The van der Waals surface area contributed by atoms with Gasteiger partial charge in [0.25, 0.3) is 0 Å². The van der Waals surface area contributed by atoms with Crippen LogP contribution in [0.2, 0.25) is 0 Å². The van der Waals surface area contributed by atoms with Crippen LogP contribution >= 0.6 is 11.3 Å². The number of rotatable bonds is 3. The quantitative estimate of drug-likeness (QED) is 0.756. The van der Waals surface area contributed by atoms with Crippen molar-refractivity contribution in [3.8, 4) is 0 Å². The number of nitrogens with one attached hydrogen (secondary N) is 1. The Bertz CT molecular complexity index is 694. The van der Waals surface area contributed by atoms with Crippen molar-refractivity contribution >= 4 is 22.3 Å². The third kappa shape index (κ3) is 2.17. The monoisotopic (exact) mass is 283 g/mol. The Balaban J connectivity index is 1.51. The minimum Gasteiger partial charge on any atom is -0.460 e. The molecule has 1 aliphatic rings. The molecule has 0 radical (unpaired) electrons. The molecule has 3 aromatic rings. The van der Waals surface area contributed by atoms with E-state index in [-0.39, 0.29) is 0 Å². The molecule has 0 aliphatic heterocycles. The van der Waals surface area contributed by atoms with E-state index in [4.69, 9.17) is 4.42 Å². The molecule has 0 saturated carbocycles. The lowest BCUT2D eigenvalue weighted by Gasteiger charge is -2.23. The Kier molecular flexibility index (Phi) is 3.09. The molecule has 3 heteroatoms. The average molecular weight is 283 g/mol. The lowest BCUT2D eigenvalue weighted by molar-refractivity contribution is 0.429. The SMILES string of the molecule is c1ccc2oc(CNC3CCCc4sccc43)cc2c1. The van der Waals surface area contributed by atoms with Crippen molar-refractivity contribution in [3.05, 3.63) is 58.0 Å². The average Bonchev–Trinajstić information content (AvgIpc) is 3.11. The van der Waals surface area contributed by atoms with Gasteiger partial charge in [-0.2, -0.15) is 0 Å². The number of para-hydroxylation sites is 1. The van der Waals surface area contributed by atoms with Gasteiger partial charge in [-0.1, -0.05) is 18.2 Å². The summed E-state index contributed by atoms with van der Waals surface area (Å²) in [6, 6.07) is 13.1. The predicted octanol–water partition coefficient (Wildman–Crippen LogP) is 4.66. The lowest BCUT2D eigenvalue weighted by atomic mass is 9.94. The predicted molar refractivity (Wildman–Crippen MR) is 83.1 cm³/mol. The number of hydrogen-bond acceptors (Lipinski definition) is 3. The second kappa shape index (κ2) is 5.08. The molecule has 1 aliphatic carbocycles. The number of hydrogen-bond donors (Lipinski definition) is 1. The highest BCUT2D eigenvalue weighted by atomic mass is 32.1. The first-order chi connectivity index (χ1) is 9.90. The summed E-state index contributed by atoms with van der Waals surface area (Å²) in [5.41, 5.74) is 2.47. The van der Waals surface area contributed by atoms with E-state index >= 15 is 0 Å². The van der Waals surface area contributed by atoms with E-state index in [0.29, 0.717) is 6.04 Å². The van der Waals surface area contributed by atoms with Crippen LogP contribution in [0, 0.1) is 0 Å². The van der Waals surface area contributed by atoms with Crippen LogP contribution in [-0.2, 0) is 13.0 Å². The highest BCUT2D eigenvalue weighted by Crippen LogP contribution is 2.33. The molecule has 0 bridgehead atoms. The molecule has 0 amide bonds. The third-order valence-electron chi connectivity index (χ3n) is 4.05. The summed E-state index contributed by atoms with van der Waals surface area (Å²) in [4.78, 5) is 1.55. The third-order valence-corrected chi connectivity index (χ3v) is 5.05. The fraction of sp³-hybridized carbons (Fsp3) is 0.294. The van der Waals surface area contributed by atoms with E-state index in [1.165, 1.54) is 30.2 Å². The number of benzene rings is 1. The number of thiophene rings is 1. The van der Waals surface area contributed by atoms with Crippen LogP contribution in [0.3, 0.4) is 0 Å². The van der Waals surface area contributed by atoms with Crippen molar-refractivity contribution in [1.82, 2.24) is 5.32 Å². The molecule has 1 N–H and O–H groups in total. The van der Waals surface area contributed by atoms with Gasteiger partial charge in [-0.15, -0.1) is 11.3 Å². The van der Waals surface area contributed by atoms with Gasteiger partial charge < -0.3 is 9.73 Å². The molecule has 0 spiro atoms. The molecule has 2 heterocycles. The summed E-state index contributed by atoms with van der Waals surface area (Å²) < 4.78 is 5.87. The van der Waals surface area contributed by atoms with E-state index in [9.17, 15) is 0 Å². The highest BCUT2D eigenvalue weighted by Gasteiger charge is 2.20. The van der Waals surface area contributed by atoms with Crippen LogP contribution in [0.4, 0.5) is 0 Å². The van der Waals surface area contributed by atoms with Crippen molar-refractivity contribution < 1.29 is 4.42 Å². The normalized spacial score (nSPS) is 18.3. The maximum atomic E-state index is 5.87. The van der Waals surface area contributed by atoms with Crippen LogP contribution in [0.15, 0.2) is 46.2 Å². The van der Waals surface area contributed by atoms with Crippen LogP contribution < -0.4 is 5.32 Å². The molecule has 2 nitrogen and oxygen atoms in total. The maximum absolute atomic E-state index is 5.87. The van der Waals surface area contributed by atoms with Gasteiger partial charge in [0.05, 0.1) is 6.54 Å². The summed E-state index contributed by atoms with van der Waals surface area (Å²) in [6.07, 6.45) is 3.76. The number of furan rings is 1. The van der Waals surface area contributed by atoms with Crippen LogP contribution in [0.1, 0.15) is 35.1 Å². The molecule has 1 unspecified atom stereocenters. The Hall–Kier alpha value is -1.58. The van der Waals surface area contributed by atoms with Crippen molar-refractivity contribution in [2.75, 3.05) is 0 Å². The summed E-state index contributed by atoms with van der Waals surface area (Å²) in [5, 5.41) is 7.05. The number of fused-ring (bicyclic) bond motifs is 2. The van der Waals surface area contributed by atoms with Gasteiger partial charge in [-0.3, -0.25) is 0 Å². The largest absolute Gasteiger partial charge is 0.460 e. The Morgan fingerprint density at radius 1 is 1.25 bits per heavy atom.